The Morgan fingerprint density at radius 2 is 1.61 bits per heavy atom. The molecule has 0 aromatic heterocycles. The van der Waals surface area contributed by atoms with Gasteiger partial charge in [-0.05, 0) is 49.6 Å². The van der Waals surface area contributed by atoms with Crippen LogP contribution in [0.4, 0.5) is 0 Å². The van der Waals surface area contributed by atoms with Crippen molar-refractivity contribution >= 4 is 29.2 Å². The summed E-state index contributed by atoms with van der Waals surface area (Å²) in [5.41, 5.74) is 1.27. The molecule has 1 aliphatic rings. The molecule has 2 aromatic rings. The predicted molar refractivity (Wildman–Crippen MR) is 122 cm³/mol. The third-order valence-corrected chi connectivity index (χ3v) is 6.12. The molecular formula is C25H29ClN2O3. The van der Waals surface area contributed by atoms with E-state index >= 15 is 0 Å². The first kappa shape index (κ1) is 23.0. The SMILES string of the molecule is CCCCN(C)C(=O)C1CCN(C(=O)c2ccccc2C(=O)c2ccc(Cl)cc2)CC1. The van der Waals surface area contributed by atoms with Crippen molar-refractivity contribution in [2.75, 3.05) is 26.7 Å². The monoisotopic (exact) mass is 440 g/mol. The van der Waals surface area contributed by atoms with Gasteiger partial charge < -0.3 is 9.80 Å². The van der Waals surface area contributed by atoms with Gasteiger partial charge in [-0.2, -0.15) is 0 Å². The maximum absolute atomic E-state index is 13.2. The first-order chi connectivity index (χ1) is 14.9. The van der Waals surface area contributed by atoms with Gasteiger partial charge in [0.25, 0.3) is 5.91 Å². The number of hydrogen-bond acceptors (Lipinski definition) is 3. The normalized spacial score (nSPS) is 14.4. The maximum atomic E-state index is 13.2. The summed E-state index contributed by atoms with van der Waals surface area (Å²) in [5.74, 6) is -0.248. The van der Waals surface area contributed by atoms with Crippen LogP contribution in [-0.4, -0.2) is 54.1 Å². The number of carbonyl (C=O) groups is 3. The van der Waals surface area contributed by atoms with E-state index in [1.807, 2.05) is 11.9 Å². The second-order valence-corrected chi connectivity index (χ2v) is 8.50. The second kappa shape index (κ2) is 10.6. The Kier molecular flexibility index (Phi) is 7.85. The van der Waals surface area contributed by atoms with Crippen LogP contribution in [0.2, 0.25) is 5.02 Å². The van der Waals surface area contributed by atoms with Crippen molar-refractivity contribution in [1.82, 2.24) is 9.80 Å². The van der Waals surface area contributed by atoms with Crippen molar-refractivity contribution in [3.8, 4) is 0 Å². The number of carbonyl (C=O) groups excluding carboxylic acids is 3. The van der Waals surface area contributed by atoms with E-state index < -0.39 is 0 Å². The summed E-state index contributed by atoms with van der Waals surface area (Å²) in [6, 6.07) is 13.6. The molecule has 0 unspecified atom stereocenters. The fraction of sp³-hybridized carbons (Fsp3) is 0.400. The predicted octanol–water partition coefficient (Wildman–Crippen LogP) is 4.68. The van der Waals surface area contributed by atoms with Crippen molar-refractivity contribution in [2.24, 2.45) is 5.92 Å². The van der Waals surface area contributed by atoms with Crippen LogP contribution in [0.3, 0.4) is 0 Å². The third kappa shape index (κ3) is 5.53. The molecule has 3 rings (SSSR count). The molecule has 1 fully saturated rings. The Balaban J connectivity index is 1.69. The topological polar surface area (TPSA) is 57.7 Å². The molecule has 2 amide bonds. The lowest BCUT2D eigenvalue weighted by atomic mass is 9.93. The molecule has 0 N–H and O–H groups in total. The molecule has 0 spiro atoms. The minimum atomic E-state index is -0.205. The lowest BCUT2D eigenvalue weighted by molar-refractivity contribution is -0.135. The summed E-state index contributed by atoms with van der Waals surface area (Å²) in [6.45, 7) is 3.91. The Morgan fingerprint density at radius 3 is 2.23 bits per heavy atom. The van der Waals surface area contributed by atoms with Crippen LogP contribution in [-0.2, 0) is 4.79 Å². The largest absolute Gasteiger partial charge is 0.346 e. The van der Waals surface area contributed by atoms with E-state index in [4.69, 9.17) is 11.6 Å². The van der Waals surface area contributed by atoms with Gasteiger partial charge in [-0.1, -0.05) is 43.1 Å². The first-order valence-electron chi connectivity index (χ1n) is 10.9. The van der Waals surface area contributed by atoms with Crippen molar-refractivity contribution in [3.05, 3.63) is 70.2 Å². The molecule has 0 bridgehead atoms. The van der Waals surface area contributed by atoms with E-state index in [9.17, 15) is 14.4 Å². The molecule has 1 saturated heterocycles. The molecule has 2 aromatic carbocycles. The average Bonchev–Trinajstić information content (AvgIpc) is 2.81. The highest BCUT2D eigenvalue weighted by Crippen LogP contribution is 2.23. The van der Waals surface area contributed by atoms with E-state index in [-0.39, 0.29) is 23.5 Å². The smallest absolute Gasteiger partial charge is 0.254 e. The highest BCUT2D eigenvalue weighted by molar-refractivity contribution is 6.30. The van der Waals surface area contributed by atoms with Crippen LogP contribution in [0, 0.1) is 5.92 Å². The van der Waals surface area contributed by atoms with Crippen molar-refractivity contribution in [1.29, 1.82) is 0 Å². The molecule has 0 atom stereocenters. The van der Waals surface area contributed by atoms with Gasteiger partial charge in [0.1, 0.15) is 0 Å². The van der Waals surface area contributed by atoms with Gasteiger partial charge in [-0.15, -0.1) is 0 Å². The van der Waals surface area contributed by atoms with Crippen LogP contribution < -0.4 is 0 Å². The van der Waals surface area contributed by atoms with E-state index in [1.165, 1.54) is 0 Å². The number of piperidine rings is 1. The van der Waals surface area contributed by atoms with Gasteiger partial charge in [0.15, 0.2) is 5.78 Å². The zero-order chi connectivity index (χ0) is 22.4. The summed E-state index contributed by atoms with van der Waals surface area (Å²) >= 11 is 5.92. The first-order valence-corrected chi connectivity index (χ1v) is 11.2. The van der Waals surface area contributed by atoms with Crippen LogP contribution in [0.1, 0.15) is 58.9 Å². The summed E-state index contributed by atoms with van der Waals surface area (Å²) in [7, 11) is 1.86. The van der Waals surface area contributed by atoms with Gasteiger partial charge in [-0.3, -0.25) is 14.4 Å². The van der Waals surface area contributed by atoms with E-state index in [0.717, 1.165) is 19.4 Å². The summed E-state index contributed by atoms with van der Waals surface area (Å²) in [4.78, 5) is 42.4. The molecule has 1 aliphatic heterocycles. The quantitative estimate of drug-likeness (QED) is 0.587. The Bertz CT molecular complexity index is 934. The molecule has 5 nitrogen and oxygen atoms in total. The van der Waals surface area contributed by atoms with Crippen LogP contribution in [0.15, 0.2) is 48.5 Å². The number of amides is 2. The molecule has 0 saturated carbocycles. The molecule has 164 valence electrons. The number of likely N-dealkylation sites (tertiary alicyclic amines) is 1. The number of ketones is 1. The number of unbranched alkanes of at least 4 members (excludes halogenated alkanes) is 1. The van der Waals surface area contributed by atoms with Crippen molar-refractivity contribution < 1.29 is 14.4 Å². The zero-order valence-corrected chi connectivity index (χ0v) is 18.9. The van der Waals surface area contributed by atoms with Crippen LogP contribution in [0.25, 0.3) is 0 Å². The van der Waals surface area contributed by atoms with Crippen molar-refractivity contribution in [2.45, 2.75) is 32.6 Å². The summed E-state index contributed by atoms with van der Waals surface area (Å²) in [6.07, 6.45) is 3.35. The fourth-order valence-corrected chi connectivity index (χ4v) is 4.07. The molecular weight excluding hydrogens is 412 g/mol. The average molecular weight is 441 g/mol. The third-order valence-electron chi connectivity index (χ3n) is 5.86. The zero-order valence-electron chi connectivity index (χ0n) is 18.1. The summed E-state index contributed by atoms with van der Waals surface area (Å²) in [5, 5.41) is 0.554. The van der Waals surface area contributed by atoms with Gasteiger partial charge in [0.2, 0.25) is 5.91 Å². The molecule has 6 heteroatoms. The van der Waals surface area contributed by atoms with Crippen molar-refractivity contribution in [3.63, 3.8) is 0 Å². The molecule has 0 aliphatic carbocycles. The Hall–Kier alpha value is -2.66. The highest BCUT2D eigenvalue weighted by Gasteiger charge is 2.30. The van der Waals surface area contributed by atoms with Gasteiger partial charge in [0.05, 0.1) is 5.56 Å². The lowest BCUT2D eigenvalue weighted by Gasteiger charge is -2.33. The lowest BCUT2D eigenvalue weighted by Crippen LogP contribution is -2.44. The second-order valence-electron chi connectivity index (χ2n) is 8.06. The maximum Gasteiger partial charge on any atom is 0.254 e. The van der Waals surface area contributed by atoms with Gasteiger partial charge in [0, 0.05) is 48.7 Å². The molecule has 1 heterocycles. The van der Waals surface area contributed by atoms with Crippen LogP contribution >= 0.6 is 11.6 Å². The van der Waals surface area contributed by atoms with E-state index in [0.29, 0.717) is 47.6 Å². The summed E-state index contributed by atoms with van der Waals surface area (Å²) < 4.78 is 0. The fourth-order valence-electron chi connectivity index (χ4n) is 3.94. The Labute approximate surface area is 189 Å². The molecule has 0 radical (unpaired) electrons. The number of nitrogens with zero attached hydrogens (tertiary/aromatic N) is 2. The minimum absolute atomic E-state index is 0.0446. The number of rotatable bonds is 7. The number of benzene rings is 2. The van der Waals surface area contributed by atoms with E-state index in [2.05, 4.69) is 6.92 Å². The van der Waals surface area contributed by atoms with Gasteiger partial charge >= 0.3 is 0 Å². The Morgan fingerprint density at radius 1 is 1.00 bits per heavy atom. The minimum Gasteiger partial charge on any atom is -0.346 e. The number of hydrogen-bond donors (Lipinski definition) is 0. The van der Waals surface area contributed by atoms with E-state index in [1.54, 1.807) is 53.4 Å². The van der Waals surface area contributed by atoms with Gasteiger partial charge in [-0.25, -0.2) is 0 Å². The highest BCUT2D eigenvalue weighted by atomic mass is 35.5. The van der Waals surface area contributed by atoms with Crippen LogP contribution in [0.5, 0.6) is 0 Å². The molecule has 31 heavy (non-hydrogen) atoms. The number of halogens is 1. The standard InChI is InChI=1S/C25H29ClN2O3/c1-3-4-15-27(2)24(30)19-13-16-28(17-14-19)25(31)22-8-6-5-7-21(22)23(29)18-9-11-20(26)12-10-18/h5-12,19H,3-4,13-17H2,1-2H3.